The number of hydrogen-bond acceptors (Lipinski definition) is 0. The second-order valence-electron chi connectivity index (χ2n) is 7.09. The summed E-state index contributed by atoms with van der Waals surface area (Å²) in [6.07, 6.45) is 8.01. The molecular formula is C25H26F2. The summed E-state index contributed by atoms with van der Waals surface area (Å²) in [6, 6.07) is 15.2. The molecule has 0 heterocycles. The summed E-state index contributed by atoms with van der Waals surface area (Å²) in [5, 5.41) is 1.06. The van der Waals surface area contributed by atoms with Gasteiger partial charge in [0.05, 0.1) is 0 Å². The van der Waals surface area contributed by atoms with E-state index < -0.39 is 11.6 Å². The van der Waals surface area contributed by atoms with Crippen LogP contribution in [0.1, 0.15) is 43.7 Å². The Labute approximate surface area is 160 Å². The molecule has 0 bridgehead atoms. The normalized spacial score (nSPS) is 11.1. The fourth-order valence-electron chi connectivity index (χ4n) is 3.44. The van der Waals surface area contributed by atoms with Crippen molar-refractivity contribution in [2.24, 2.45) is 0 Å². The van der Waals surface area contributed by atoms with Crippen molar-refractivity contribution in [2.45, 2.75) is 45.4 Å². The van der Waals surface area contributed by atoms with Gasteiger partial charge in [-0.15, -0.1) is 6.58 Å². The van der Waals surface area contributed by atoms with Crippen molar-refractivity contribution in [1.29, 1.82) is 0 Å². The van der Waals surface area contributed by atoms with Crippen molar-refractivity contribution in [2.75, 3.05) is 0 Å². The quantitative estimate of drug-likeness (QED) is 0.285. The summed E-state index contributed by atoms with van der Waals surface area (Å²) in [5.74, 6) is -1.54. The van der Waals surface area contributed by atoms with E-state index in [9.17, 15) is 8.78 Å². The van der Waals surface area contributed by atoms with Gasteiger partial charge in [0, 0.05) is 10.9 Å². The second kappa shape index (κ2) is 8.94. The minimum atomic E-state index is -0.776. The fourth-order valence-corrected chi connectivity index (χ4v) is 3.44. The zero-order valence-electron chi connectivity index (χ0n) is 15.9. The summed E-state index contributed by atoms with van der Waals surface area (Å²) in [7, 11) is 0. The average Bonchev–Trinajstić information content (AvgIpc) is 2.70. The lowest BCUT2D eigenvalue weighted by atomic mass is 9.96. The third kappa shape index (κ3) is 4.44. The molecule has 0 fully saturated rings. The van der Waals surface area contributed by atoms with Gasteiger partial charge in [0.15, 0.2) is 11.6 Å². The van der Waals surface area contributed by atoms with Gasteiger partial charge < -0.3 is 0 Å². The molecule has 27 heavy (non-hydrogen) atoms. The van der Waals surface area contributed by atoms with Crippen LogP contribution in [0.2, 0.25) is 0 Å². The van der Waals surface area contributed by atoms with Crippen molar-refractivity contribution < 1.29 is 8.78 Å². The molecule has 0 aliphatic rings. The number of rotatable bonds is 8. The molecule has 2 heteroatoms. The highest BCUT2D eigenvalue weighted by atomic mass is 19.2. The van der Waals surface area contributed by atoms with E-state index in [1.165, 1.54) is 18.4 Å². The first-order chi connectivity index (χ1) is 13.1. The van der Waals surface area contributed by atoms with E-state index in [0.29, 0.717) is 16.5 Å². The Morgan fingerprint density at radius 3 is 2.30 bits per heavy atom. The van der Waals surface area contributed by atoms with E-state index >= 15 is 0 Å². The van der Waals surface area contributed by atoms with Crippen LogP contribution in [-0.2, 0) is 12.8 Å². The molecule has 0 nitrogen and oxygen atoms in total. The minimum Gasteiger partial charge on any atom is -0.203 e. The number of hydrogen-bond donors (Lipinski definition) is 0. The zero-order valence-corrected chi connectivity index (χ0v) is 15.9. The molecule has 0 aliphatic carbocycles. The number of benzene rings is 3. The topological polar surface area (TPSA) is 0 Å². The van der Waals surface area contributed by atoms with E-state index in [0.717, 1.165) is 36.6 Å². The molecule has 0 saturated heterocycles. The molecule has 0 N–H and O–H groups in total. The SMILES string of the molecule is C=CCCc1ccc2cc(-c3ccc(CCCCC)cc3)c(F)c(F)c2c1. The standard InChI is InChI=1S/C25H26F2/c1-3-5-7-9-18-10-13-20(14-11-18)23-17-21-15-12-19(8-6-4-2)16-22(21)24(26)25(23)27/h4,10-17H,2-3,5-9H2,1H3. The van der Waals surface area contributed by atoms with Crippen LogP contribution < -0.4 is 0 Å². The minimum absolute atomic E-state index is 0.318. The summed E-state index contributed by atoms with van der Waals surface area (Å²) in [4.78, 5) is 0. The van der Waals surface area contributed by atoms with E-state index in [2.05, 4.69) is 13.5 Å². The van der Waals surface area contributed by atoms with E-state index in [4.69, 9.17) is 0 Å². The van der Waals surface area contributed by atoms with Crippen LogP contribution in [0, 0.1) is 11.6 Å². The Kier molecular flexibility index (Phi) is 6.39. The number of aryl methyl sites for hydroxylation is 2. The van der Waals surface area contributed by atoms with Gasteiger partial charge in [0.2, 0.25) is 0 Å². The van der Waals surface area contributed by atoms with E-state index in [1.54, 1.807) is 12.1 Å². The Morgan fingerprint density at radius 1 is 0.852 bits per heavy atom. The lowest BCUT2D eigenvalue weighted by Crippen LogP contribution is -1.94. The fraction of sp³-hybridized carbons (Fsp3) is 0.280. The van der Waals surface area contributed by atoms with Gasteiger partial charge in [0.25, 0.3) is 0 Å². The van der Waals surface area contributed by atoms with Gasteiger partial charge >= 0.3 is 0 Å². The second-order valence-corrected chi connectivity index (χ2v) is 7.09. The number of unbranched alkanes of at least 4 members (excludes halogenated alkanes) is 2. The highest BCUT2D eigenvalue weighted by Gasteiger charge is 2.15. The van der Waals surface area contributed by atoms with Crippen molar-refractivity contribution in [3.05, 3.63) is 83.9 Å². The molecular weight excluding hydrogens is 338 g/mol. The third-order valence-electron chi connectivity index (χ3n) is 5.05. The molecule has 140 valence electrons. The first-order valence-electron chi connectivity index (χ1n) is 9.75. The molecule has 0 saturated carbocycles. The van der Waals surface area contributed by atoms with Crippen LogP contribution in [0.5, 0.6) is 0 Å². The molecule has 0 aliphatic heterocycles. The molecule has 0 radical (unpaired) electrons. The van der Waals surface area contributed by atoms with E-state index in [1.807, 2.05) is 42.5 Å². The zero-order chi connectivity index (χ0) is 19.2. The van der Waals surface area contributed by atoms with Crippen molar-refractivity contribution >= 4 is 10.8 Å². The molecule has 0 amide bonds. The number of halogens is 2. The summed E-state index contributed by atoms with van der Waals surface area (Å²) < 4.78 is 29.5. The van der Waals surface area contributed by atoms with Gasteiger partial charge in [-0.3, -0.25) is 0 Å². The van der Waals surface area contributed by atoms with Crippen molar-refractivity contribution in [3.8, 4) is 11.1 Å². The first-order valence-corrected chi connectivity index (χ1v) is 9.75. The maximum atomic E-state index is 14.8. The third-order valence-corrected chi connectivity index (χ3v) is 5.05. The Morgan fingerprint density at radius 2 is 1.59 bits per heavy atom. The van der Waals surface area contributed by atoms with Gasteiger partial charge in [-0.2, -0.15) is 0 Å². The van der Waals surface area contributed by atoms with Crippen LogP contribution in [0.3, 0.4) is 0 Å². The highest BCUT2D eigenvalue weighted by molar-refractivity contribution is 5.89. The lowest BCUT2D eigenvalue weighted by molar-refractivity contribution is 0.519. The smallest absolute Gasteiger partial charge is 0.167 e. The maximum absolute atomic E-state index is 14.8. The summed E-state index contributed by atoms with van der Waals surface area (Å²) in [5.41, 5.74) is 3.26. The Bertz CT molecular complexity index is 923. The van der Waals surface area contributed by atoms with Crippen LogP contribution in [-0.4, -0.2) is 0 Å². The molecule has 3 aromatic rings. The summed E-state index contributed by atoms with van der Waals surface area (Å²) in [6.45, 7) is 5.89. The highest BCUT2D eigenvalue weighted by Crippen LogP contribution is 2.31. The predicted molar refractivity (Wildman–Crippen MR) is 111 cm³/mol. The van der Waals surface area contributed by atoms with Crippen molar-refractivity contribution in [3.63, 3.8) is 0 Å². The summed E-state index contributed by atoms with van der Waals surface area (Å²) >= 11 is 0. The van der Waals surface area contributed by atoms with Crippen LogP contribution in [0.15, 0.2) is 61.2 Å². The molecule has 0 unspecified atom stereocenters. The molecule has 3 rings (SSSR count). The van der Waals surface area contributed by atoms with Crippen LogP contribution in [0.4, 0.5) is 8.78 Å². The van der Waals surface area contributed by atoms with Crippen LogP contribution >= 0.6 is 0 Å². The van der Waals surface area contributed by atoms with Crippen molar-refractivity contribution in [1.82, 2.24) is 0 Å². The van der Waals surface area contributed by atoms with Gasteiger partial charge in [-0.05, 0) is 59.9 Å². The van der Waals surface area contributed by atoms with Gasteiger partial charge in [-0.1, -0.05) is 62.2 Å². The predicted octanol–water partition coefficient (Wildman–Crippen LogP) is 7.64. The Balaban J connectivity index is 1.92. The van der Waals surface area contributed by atoms with Crippen LogP contribution in [0.25, 0.3) is 21.9 Å². The largest absolute Gasteiger partial charge is 0.203 e. The molecule has 3 aromatic carbocycles. The van der Waals surface area contributed by atoms with Gasteiger partial charge in [0.1, 0.15) is 0 Å². The first kappa shape index (κ1) is 19.3. The average molecular weight is 364 g/mol. The van der Waals surface area contributed by atoms with E-state index in [-0.39, 0.29) is 0 Å². The monoisotopic (exact) mass is 364 g/mol. The number of allylic oxidation sites excluding steroid dienone is 1. The maximum Gasteiger partial charge on any atom is 0.167 e. The molecule has 0 atom stereocenters. The number of fused-ring (bicyclic) bond motifs is 1. The Hall–Kier alpha value is -2.48. The molecule has 0 spiro atoms. The van der Waals surface area contributed by atoms with Gasteiger partial charge in [-0.25, -0.2) is 8.78 Å². The lowest BCUT2D eigenvalue weighted by Gasteiger charge is -2.10. The molecule has 0 aromatic heterocycles.